The lowest BCUT2D eigenvalue weighted by Crippen LogP contribution is -2.59. The van der Waals surface area contributed by atoms with E-state index in [0.717, 1.165) is 6.20 Å². The van der Waals surface area contributed by atoms with Gasteiger partial charge in [-0.15, -0.1) is 0 Å². The van der Waals surface area contributed by atoms with Gasteiger partial charge in [0, 0.05) is 51.9 Å². The van der Waals surface area contributed by atoms with Crippen molar-refractivity contribution in [2.24, 2.45) is 5.92 Å². The molecule has 2 aliphatic heterocycles. The number of aromatic nitrogens is 4. The third kappa shape index (κ3) is 5.51. The van der Waals surface area contributed by atoms with Gasteiger partial charge in [-0.3, -0.25) is 14.5 Å². The lowest BCUT2D eigenvalue weighted by atomic mass is 9.97. The van der Waals surface area contributed by atoms with Crippen molar-refractivity contribution < 1.29 is 18.0 Å². The predicted octanol–water partition coefficient (Wildman–Crippen LogP) is 0.531. The van der Waals surface area contributed by atoms with Crippen LogP contribution in [-0.2, 0) is 11.0 Å². The van der Waals surface area contributed by atoms with Crippen LogP contribution in [-0.4, -0.2) is 87.7 Å². The van der Waals surface area contributed by atoms with Gasteiger partial charge in [-0.1, -0.05) is 0 Å². The van der Waals surface area contributed by atoms with E-state index in [2.05, 4.69) is 20.4 Å². The number of likely N-dealkylation sites (tertiary alicyclic amines) is 1. The Bertz CT molecular complexity index is 1150. The summed E-state index contributed by atoms with van der Waals surface area (Å²) in [6.07, 6.45) is -0.918. The SMILES string of the molecule is C[C@@H](CN1CC(C(=O)N2CCN(c3ncc(C#N)cn3)CC2)C1)Nc1cn[nH]c(=O)c1C(F)(F)F. The van der Waals surface area contributed by atoms with Gasteiger partial charge in [-0.25, -0.2) is 15.1 Å². The van der Waals surface area contributed by atoms with Crippen molar-refractivity contribution in [2.45, 2.75) is 19.1 Å². The highest BCUT2D eigenvalue weighted by Gasteiger charge is 2.39. The average Bonchev–Trinajstić information content (AvgIpc) is 2.80. The number of amides is 1. The number of nitrogens with one attached hydrogen (secondary N) is 2. The molecule has 1 atom stereocenters. The summed E-state index contributed by atoms with van der Waals surface area (Å²) < 4.78 is 39.6. The molecule has 35 heavy (non-hydrogen) atoms. The first-order valence-corrected chi connectivity index (χ1v) is 11.1. The molecular weight excluding hydrogens is 467 g/mol. The molecule has 0 aromatic carbocycles. The van der Waals surface area contributed by atoms with Crippen molar-refractivity contribution in [3.63, 3.8) is 0 Å². The molecule has 186 valence electrons. The molecule has 4 heterocycles. The number of carbonyl (C=O) groups is 1. The number of H-pyrrole nitrogens is 1. The van der Waals surface area contributed by atoms with Crippen LogP contribution in [0.15, 0.2) is 23.4 Å². The van der Waals surface area contributed by atoms with E-state index < -0.39 is 23.3 Å². The van der Waals surface area contributed by atoms with Crippen LogP contribution in [0.4, 0.5) is 24.8 Å². The van der Waals surface area contributed by atoms with Crippen LogP contribution in [0.1, 0.15) is 18.1 Å². The van der Waals surface area contributed by atoms with Gasteiger partial charge in [0.2, 0.25) is 11.9 Å². The van der Waals surface area contributed by atoms with Gasteiger partial charge in [0.15, 0.2) is 0 Å². The van der Waals surface area contributed by atoms with Crippen molar-refractivity contribution in [2.75, 3.05) is 56.0 Å². The van der Waals surface area contributed by atoms with E-state index >= 15 is 0 Å². The Morgan fingerprint density at radius 2 is 1.89 bits per heavy atom. The highest BCUT2D eigenvalue weighted by atomic mass is 19.4. The number of piperazine rings is 1. The van der Waals surface area contributed by atoms with Crippen LogP contribution in [0, 0.1) is 17.2 Å². The number of hydrogen-bond acceptors (Lipinski definition) is 9. The quantitative estimate of drug-likeness (QED) is 0.593. The number of alkyl halides is 3. The summed E-state index contributed by atoms with van der Waals surface area (Å²) in [6.45, 7) is 5.40. The second kappa shape index (κ2) is 9.87. The number of hydrogen-bond donors (Lipinski definition) is 2. The third-order valence-electron chi connectivity index (χ3n) is 6.02. The van der Waals surface area contributed by atoms with Gasteiger partial charge in [0.1, 0.15) is 11.6 Å². The minimum Gasteiger partial charge on any atom is -0.379 e. The fourth-order valence-corrected chi connectivity index (χ4v) is 4.29. The maximum atomic E-state index is 13.2. The lowest BCUT2D eigenvalue weighted by molar-refractivity contribution is -0.141. The van der Waals surface area contributed by atoms with Gasteiger partial charge in [0.05, 0.1) is 35.8 Å². The zero-order chi connectivity index (χ0) is 25.2. The fraction of sp³-hybridized carbons (Fsp3) is 0.524. The Morgan fingerprint density at radius 3 is 2.49 bits per heavy atom. The molecule has 11 nitrogen and oxygen atoms in total. The monoisotopic (exact) mass is 491 g/mol. The second-order valence-corrected chi connectivity index (χ2v) is 8.64. The second-order valence-electron chi connectivity index (χ2n) is 8.64. The van der Waals surface area contributed by atoms with Crippen LogP contribution in [0.2, 0.25) is 0 Å². The molecule has 14 heteroatoms. The Hall–Kier alpha value is -3.73. The number of carbonyl (C=O) groups excluding carboxylic acids is 1. The molecule has 2 aromatic heterocycles. The molecule has 2 aromatic rings. The van der Waals surface area contributed by atoms with Crippen LogP contribution in [0.3, 0.4) is 0 Å². The van der Waals surface area contributed by atoms with Gasteiger partial charge in [0.25, 0.3) is 5.56 Å². The Labute approximate surface area is 198 Å². The summed E-state index contributed by atoms with van der Waals surface area (Å²) in [7, 11) is 0. The van der Waals surface area contributed by atoms with Crippen LogP contribution in [0.25, 0.3) is 0 Å². The summed E-state index contributed by atoms with van der Waals surface area (Å²) >= 11 is 0. The molecule has 0 bridgehead atoms. The van der Waals surface area contributed by atoms with Gasteiger partial charge >= 0.3 is 6.18 Å². The van der Waals surface area contributed by atoms with Crippen LogP contribution in [0.5, 0.6) is 0 Å². The molecule has 2 fully saturated rings. The molecule has 0 unspecified atom stereocenters. The summed E-state index contributed by atoms with van der Waals surface area (Å²) in [5.74, 6) is 0.420. The van der Waals surface area contributed by atoms with E-state index in [1.807, 2.05) is 21.0 Å². The van der Waals surface area contributed by atoms with Crippen molar-refractivity contribution >= 4 is 17.5 Å². The summed E-state index contributed by atoms with van der Waals surface area (Å²) in [5, 5.41) is 16.8. The topological polar surface area (TPSA) is 134 Å². The molecule has 0 spiro atoms. The first-order valence-electron chi connectivity index (χ1n) is 11.1. The van der Waals surface area contributed by atoms with Crippen LogP contribution < -0.4 is 15.8 Å². The van der Waals surface area contributed by atoms with Crippen LogP contribution >= 0.6 is 0 Å². The minimum absolute atomic E-state index is 0.0559. The number of aromatic amines is 1. The zero-order valence-electron chi connectivity index (χ0n) is 18.9. The smallest absolute Gasteiger partial charge is 0.379 e. The van der Waals surface area contributed by atoms with Gasteiger partial charge in [-0.2, -0.15) is 23.5 Å². The zero-order valence-corrected chi connectivity index (χ0v) is 18.9. The maximum Gasteiger partial charge on any atom is 0.423 e. The average molecular weight is 491 g/mol. The van der Waals surface area contributed by atoms with E-state index in [4.69, 9.17) is 5.26 Å². The Kier molecular flexibility index (Phi) is 6.88. The molecule has 4 rings (SSSR count). The van der Waals surface area contributed by atoms with Crippen molar-refractivity contribution in [1.82, 2.24) is 30.0 Å². The first kappa shape index (κ1) is 24.4. The molecule has 0 saturated carbocycles. The molecule has 0 radical (unpaired) electrons. The standard InChI is InChI=1S/C21H24F3N9O2/c1-13(29-16-9-28-30-18(34)17(16)21(22,23)24)10-31-11-15(12-31)19(35)32-2-4-33(5-3-32)20-26-7-14(6-25)8-27-20/h7-9,13,15H,2-5,10-12H2,1H3,(H2,29,30,34)/t13-/m0/s1. The van der Waals surface area contributed by atoms with E-state index in [1.165, 1.54) is 12.4 Å². The highest BCUT2D eigenvalue weighted by Crippen LogP contribution is 2.31. The lowest BCUT2D eigenvalue weighted by Gasteiger charge is -2.43. The molecule has 0 aliphatic carbocycles. The number of anilines is 2. The predicted molar refractivity (Wildman–Crippen MR) is 118 cm³/mol. The fourth-order valence-electron chi connectivity index (χ4n) is 4.29. The van der Waals surface area contributed by atoms with E-state index in [9.17, 15) is 22.8 Å². The highest BCUT2D eigenvalue weighted by molar-refractivity contribution is 5.80. The maximum absolute atomic E-state index is 13.2. The first-order chi connectivity index (χ1) is 16.7. The van der Waals surface area contributed by atoms with Crippen molar-refractivity contribution in [3.8, 4) is 6.07 Å². The number of nitriles is 1. The Morgan fingerprint density at radius 1 is 1.23 bits per heavy atom. The normalized spacial score (nSPS) is 18.0. The van der Waals surface area contributed by atoms with Crippen molar-refractivity contribution in [1.29, 1.82) is 5.26 Å². The summed E-state index contributed by atoms with van der Waals surface area (Å²) in [6, 6.07) is 1.58. The minimum atomic E-state index is -4.80. The molecule has 2 saturated heterocycles. The van der Waals surface area contributed by atoms with E-state index in [-0.39, 0.29) is 17.5 Å². The van der Waals surface area contributed by atoms with Gasteiger partial charge < -0.3 is 15.1 Å². The summed E-state index contributed by atoms with van der Waals surface area (Å²) in [5.41, 5.74) is -2.58. The molecule has 1 amide bonds. The van der Waals surface area contributed by atoms with E-state index in [1.54, 1.807) is 11.8 Å². The van der Waals surface area contributed by atoms with E-state index in [0.29, 0.717) is 57.3 Å². The Balaban J connectivity index is 1.23. The number of nitrogens with zero attached hydrogens (tertiary/aromatic N) is 7. The third-order valence-corrected chi connectivity index (χ3v) is 6.02. The van der Waals surface area contributed by atoms with Crippen molar-refractivity contribution in [3.05, 3.63) is 40.1 Å². The molecule has 2 N–H and O–H groups in total. The largest absolute Gasteiger partial charge is 0.423 e. The molecular formula is C21H24F3N9O2. The molecule has 2 aliphatic rings. The summed E-state index contributed by atoms with van der Waals surface area (Å²) in [4.78, 5) is 38.6. The number of halogens is 3. The number of rotatable bonds is 6. The van der Waals surface area contributed by atoms with Gasteiger partial charge in [-0.05, 0) is 6.92 Å².